The van der Waals surface area contributed by atoms with Gasteiger partial charge in [-0.25, -0.2) is 9.68 Å². The molecule has 0 aromatic carbocycles. The molecule has 0 aliphatic heterocycles. The van der Waals surface area contributed by atoms with Crippen LogP contribution < -0.4 is 0 Å². The molecule has 0 aromatic rings. The molecule has 0 fully saturated rings. The Morgan fingerprint density at radius 3 is 1.20 bits per heavy atom. The molecule has 262 valence electrons. The van der Waals surface area contributed by atoms with Crippen LogP contribution in [0.15, 0.2) is 12.7 Å². The van der Waals surface area contributed by atoms with E-state index in [1.54, 1.807) is 6.08 Å². The Labute approximate surface area is 274 Å². The number of ether oxygens (including phenoxy) is 1. The van der Waals surface area contributed by atoms with Crippen LogP contribution in [0.3, 0.4) is 0 Å². The van der Waals surface area contributed by atoms with Crippen LogP contribution in [0.2, 0.25) is 0 Å². The largest absolute Gasteiger partial charge is 0.479 e. The normalized spacial score (nSPS) is 13.6. The van der Waals surface area contributed by atoms with Crippen LogP contribution in [-0.2, 0) is 14.4 Å². The maximum absolute atomic E-state index is 12.4. The third kappa shape index (κ3) is 24.3. The Morgan fingerprint density at radius 1 is 0.591 bits per heavy atom. The summed E-state index contributed by atoms with van der Waals surface area (Å²) in [6.45, 7) is 8.66. The van der Waals surface area contributed by atoms with Gasteiger partial charge < -0.3 is 9.84 Å². The topological polar surface area (TPSA) is 76.0 Å². The van der Waals surface area contributed by atoms with Crippen LogP contribution in [-0.4, -0.2) is 34.6 Å². The fraction of sp³-hybridized carbons (Fsp3) is 0.923. The van der Waals surface area contributed by atoms with Crippen LogP contribution in [0, 0.1) is 0 Å². The molecule has 5 nitrogen and oxygen atoms in total. The number of hydrogen-bond acceptors (Lipinski definition) is 4. The number of carbonyl (C=O) groups is 1. The number of carboxylic acid groups (broad SMARTS) is 1. The van der Waals surface area contributed by atoms with Gasteiger partial charge in [0, 0.05) is 13.0 Å². The van der Waals surface area contributed by atoms with Gasteiger partial charge in [-0.2, -0.15) is 0 Å². The second kappa shape index (κ2) is 33.5. The number of carboxylic acids is 1. The van der Waals surface area contributed by atoms with E-state index in [0.717, 1.165) is 38.5 Å². The fourth-order valence-corrected chi connectivity index (χ4v) is 6.41. The SMILES string of the molecule is C=CCC(OCCCCCCCCCCCCCCCCCC)(C(=O)O)C(CCCCCCCCCCCCCCC)OO. The molecule has 0 bridgehead atoms. The van der Waals surface area contributed by atoms with Crippen molar-refractivity contribution in [3.8, 4) is 0 Å². The molecular weight excluding hydrogens is 548 g/mol. The van der Waals surface area contributed by atoms with Crippen LogP contribution in [0.5, 0.6) is 0 Å². The zero-order valence-electron chi connectivity index (χ0n) is 29.6. The van der Waals surface area contributed by atoms with Crippen molar-refractivity contribution in [1.82, 2.24) is 0 Å². The van der Waals surface area contributed by atoms with Crippen molar-refractivity contribution in [3.05, 3.63) is 12.7 Å². The molecule has 2 atom stereocenters. The Bertz CT molecular complexity index is 609. The van der Waals surface area contributed by atoms with Gasteiger partial charge in [0.2, 0.25) is 0 Å². The predicted octanol–water partition coefficient (Wildman–Crippen LogP) is 13.0. The van der Waals surface area contributed by atoms with Crippen molar-refractivity contribution in [2.45, 2.75) is 225 Å². The molecule has 0 heterocycles. The lowest BCUT2D eigenvalue weighted by atomic mass is 9.88. The second-order valence-electron chi connectivity index (χ2n) is 13.5. The highest BCUT2D eigenvalue weighted by molar-refractivity contribution is 5.78. The number of unbranched alkanes of at least 4 members (excludes halogenated alkanes) is 27. The van der Waals surface area contributed by atoms with Gasteiger partial charge >= 0.3 is 5.97 Å². The Morgan fingerprint density at radius 2 is 0.909 bits per heavy atom. The fourth-order valence-electron chi connectivity index (χ4n) is 6.41. The average molecular weight is 625 g/mol. The van der Waals surface area contributed by atoms with E-state index in [2.05, 4.69) is 20.4 Å². The molecule has 0 saturated heterocycles. The summed E-state index contributed by atoms with van der Waals surface area (Å²) in [6, 6.07) is 0. The van der Waals surface area contributed by atoms with Gasteiger partial charge in [0.05, 0.1) is 0 Å². The standard InChI is InChI=1S/C39H76O5/c1-4-7-9-11-13-15-17-19-20-21-23-25-27-29-31-33-36-43-39(35-6-3,38(40)41)37(44-42)34-32-30-28-26-24-22-18-16-14-12-10-8-5-2/h6,37,42H,3-5,7-36H2,1-2H3,(H,40,41). The van der Waals surface area contributed by atoms with Crippen LogP contribution in [0.4, 0.5) is 0 Å². The molecule has 0 aliphatic carbocycles. The summed E-state index contributed by atoms with van der Waals surface area (Å²) in [5.41, 5.74) is -1.58. The molecule has 2 N–H and O–H groups in total. The zero-order valence-corrected chi connectivity index (χ0v) is 29.6. The van der Waals surface area contributed by atoms with E-state index < -0.39 is 17.7 Å². The van der Waals surface area contributed by atoms with Crippen molar-refractivity contribution in [3.63, 3.8) is 0 Å². The third-order valence-corrected chi connectivity index (χ3v) is 9.38. The van der Waals surface area contributed by atoms with Gasteiger partial charge in [-0.1, -0.05) is 200 Å². The van der Waals surface area contributed by atoms with E-state index >= 15 is 0 Å². The van der Waals surface area contributed by atoms with Gasteiger partial charge in [-0.15, -0.1) is 6.58 Å². The summed E-state index contributed by atoms with van der Waals surface area (Å²) in [5.74, 6) is -1.08. The molecule has 0 rings (SSSR count). The Kier molecular flexibility index (Phi) is 32.8. The maximum atomic E-state index is 12.4. The Hall–Kier alpha value is -0.910. The molecule has 0 aliphatic rings. The first-order valence-corrected chi connectivity index (χ1v) is 19.4. The molecule has 0 amide bonds. The van der Waals surface area contributed by atoms with Crippen molar-refractivity contribution >= 4 is 5.97 Å². The van der Waals surface area contributed by atoms with Crippen molar-refractivity contribution < 1.29 is 24.8 Å². The third-order valence-electron chi connectivity index (χ3n) is 9.38. The lowest BCUT2D eigenvalue weighted by molar-refractivity contribution is -0.319. The van der Waals surface area contributed by atoms with Crippen molar-refractivity contribution in [2.75, 3.05) is 6.61 Å². The van der Waals surface area contributed by atoms with Crippen LogP contribution in [0.25, 0.3) is 0 Å². The van der Waals surface area contributed by atoms with Crippen molar-refractivity contribution in [1.29, 1.82) is 0 Å². The van der Waals surface area contributed by atoms with Crippen LogP contribution >= 0.6 is 0 Å². The van der Waals surface area contributed by atoms with Crippen molar-refractivity contribution in [2.24, 2.45) is 0 Å². The number of hydrogen-bond donors (Lipinski definition) is 2. The highest BCUT2D eigenvalue weighted by atomic mass is 17.1. The second-order valence-corrected chi connectivity index (χ2v) is 13.5. The van der Waals surface area contributed by atoms with Gasteiger partial charge in [0.25, 0.3) is 0 Å². The van der Waals surface area contributed by atoms with Gasteiger partial charge in [-0.05, 0) is 12.8 Å². The summed E-state index contributed by atoms with van der Waals surface area (Å²) in [5, 5.41) is 19.8. The summed E-state index contributed by atoms with van der Waals surface area (Å²) in [4.78, 5) is 17.2. The van der Waals surface area contributed by atoms with E-state index in [1.165, 1.54) is 148 Å². The minimum atomic E-state index is -1.58. The molecule has 5 heteroatoms. The molecule has 0 aromatic heterocycles. The van der Waals surface area contributed by atoms with E-state index in [0.29, 0.717) is 13.0 Å². The first-order valence-electron chi connectivity index (χ1n) is 19.4. The van der Waals surface area contributed by atoms with E-state index in [4.69, 9.17) is 9.62 Å². The smallest absolute Gasteiger partial charge is 0.339 e. The van der Waals surface area contributed by atoms with Gasteiger partial charge in [0.1, 0.15) is 6.10 Å². The highest BCUT2D eigenvalue weighted by Crippen LogP contribution is 2.29. The molecule has 44 heavy (non-hydrogen) atoms. The van der Waals surface area contributed by atoms with E-state index in [9.17, 15) is 15.2 Å². The average Bonchev–Trinajstić information content (AvgIpc) is 3.02. The summed E-state index contributed by atoms with van der Waals surface area (Å²) < 4.78 is 6.01. The molecular formula is C39H76O5. The molecule has 2 unspecified atom stereocenters. The maximum Gasteiger partial charge on any atom is 0.339 e. The molecule has 0 radical (unpaired) electrons. The summed E-state index contributed by atoms with van der Waals surface area (Å²) >= 11 is 0. The minimum Gasteiger partial charge on any atom is -0.479 e. The number of aliphatic carboxylic acids is 1. The number of rotatable bonds is 37. The lowest BCUT2D eigenvalue weighted by Crippen LogP contribution is -2.52. The minimum absolute atomic E-state index is 0.116. The predicted molar refractivity (Wildman–Crippen MR) is 188 cm³/mol. The molecule has 0 saturated carbocycles. The summed E-state index contributed by atoms with van der Waals surface area (Å²) in [7, 11) is 0. The highest BCUT2D eigenvalue weighted by Gasteiger charge is 2.47. The van der Waals surface area contributed by atoms with E-state index in [-0.39, 0.29) is 6.42 Å². The zero-order chi connectivity index (χ0) is 32.4. The van der Waals surface area contributed by atoms with Gasteiger partial charge in [0.15, 0.2) is 5.60 Å². The monoisotopic (exact) mass is 625 g/mol. The lowest BCUT2D eigenvalue weighted by Gasteiger charge is -2.34. The summed E-state index contributed by atoms with van der Waals surface area (Å²) in [6.07, 6.45) is 38.3. The first kappa shape index (κ1) is 43.1. The first-order chi connectivity index (χ1) is 21.6. The van der Waals surface area contributed by atoms with Crippen LogP contribution in [0.1, 0.15) is 213 Å². The van der Waals surface area contributed by atoms with Gasteiger partial charge in [-0.3, -0.25) is 5.26 Å². The quantitative estimate of drug-likeness (QED) is 0.0311. The van der Waals surface area contributed by atoms with E-state index in [1.807, 2.05) is 0 Å². The Balaban J connectivity index is 4.03. The molecule has 0 spiro atoms.